The van der Waals surface area contributed by atoms with Crippen molar-refractivity contribution >= 4 is 29.6 Å². The van der Waals surface area contributed by atoms with Crippen LogP contribution in [-0.2, 0) is 11.0 Å². The summed E-state index contributed by atoms with van der Waals surface area (Å²) in [5.74, 6) is -0.327. The summed E-state index contributed by atoms with van der Waals surface area (Å²) >= 11 is 0. The molecular formula is C25H20FNO3Si. The van der Waals surface area contributed by atoms with Crippen LogP contribution in [0.5, 0.6) is 0 Å². The number of rotatable bonds is 7. The number of benzene rings is 4. The van der Waals surface area contributed by atoms with E-state index in [9.17, 15) is 14.5 Å². The van der Waals surface area contributed by atoms with E-state index in [2.05, 4.69) is 0 Å². The number of nitro benzene ring substituents is 1. The zero-order valence-corrected chi connectivity index (χ0v) is 17.6. The Balaban J connectivity index is 1.90. The van der Waals surface area contributed by atoms with Gasteiger partial charge in [-0.25, -0.2) is 4.39 Å². The maximum Gasteiger partial charge on any atom is 0.288 e. The lowest BCUT2D eigenvalue weighted by Crippen LogP contribution is -2.69. The van der Waals surface area contributed by atoms with E-state index in [-0.39, 0.29) is 18.1 Å². The number of halogens is 1. The van der Waals surface area contributed by atoms with Crippen LogP contribution in [-0.4, -0.2) is 13.2 Å². The largest absolute Gasteiger partial charge is 0.399 e. The highest BCUT2D eigenvalue weighted by Crippen LogP contribution is 2.21. The second-order valence-electron chi connectivity index (χ2n) is 7.09. The third kappa shape index (κ3) is 4.16. The van der Waals surface area contributed by atoms with Crippen LogP contribution in [0.15, 0.2) is 109 Å². The molecule has 6 heteroatoms. The minimum absolute atomic E-state index is 0.0191. The quantitative estimate of drug-likeness (QED) is 0.194. The summed E-state index contributed by atoms with van der Waals surface area (Å²) in [5.41, 5.74) is 0.518. The SMILES string of the molecule is O=[N+]([O-])c1ccccc1CO[Si](c1ccccc1)(c1ccccc1)c1ccc(F)cc1. The first-order valence-electron chi connectivity index (χ1n) is 9.84. The summed E-state index contributed by atoms with van der Waals surface area (Å²) in [6, 6.07) is 32.6. The molecule has 31 heavy (non-hydrogen) atoms. The molecule has 0 aliphatic heterocycles. The third-order valence-corrected chi connectivity index (χ3v) is 9.26. The normalized spacial score (nSPS) is 11.3. The first-order valence-corrected chi connectivity index (χ1v) is 11.8. The van der Waals surface area contributed by atoms with Crippen LogP contribution in [0.3, 0.4) is 0 Å². The number of nitrogens with zero attached hydrogens (tertiary/aromatic N) is 1. The van der Waals surface area contributed by atoms with Gasteiger partial charge < -0.3 is 4.43 Å². The van der Waals surface area contributed by atoms with E-state index in [1.54, 1.807) is 30.3 Å². The van der Waals surface area contributed by atoms with Crippen LogP contribution in [0.1, 0.15) is 5.56 Å². The van der Waals surface area contributed by atoms with E-state index >= 15 is 0 Å². The van der Waals surface area contributed by atoms with Gasteiger partial charge in [-0.05, 0) is 33.8 Å². The fourth-order valence-electron chi connectivity index (χ4n) is 3.78. The summed E-state index contributed by atoms with van der Waals surface area (Å²) < 4.78 is 20.5. The fraction of sp³-hybridized carbons (Fsp3) is 0.0400. The van der Waals surface area contributed by atoms with Gasteiger partial charge in [-0.1, -0.05) is 84.9 Å². The van der Waals surface area contributed by atoms with Crippen molar-refractivity contribution in [3.8, 4) is 0 Å². The number of hydrogen-bond acceptors (Lipinski definition) is 3. The van der Waals surface area contributed by atoms with Gasteiger partial charge in [-0.15, -0.1) is 0 Å². The van der Waals surface area contributed by atoms with Crippen LogP contribution < -0.4 is 15.6 Å². The van der Waals surface area contributed by atoms with E-state index in [4.69, 9.17) is 4.43 Å². The Kier molecular flexibility index (Phi) is 6.02. The molecule has 0 unspecified atom stereocenters. The Morgan fingerprint density at radius 1 is 0.710 bits per heavy atom. The van der Waals surface area contributed by atoms with E-state index < -0.39 is 13.2 Å². The van der Waals surface area contributed by atoms with Gasteiger partial charge in [0.1, 0.15) is 5.82 Å². The van der Waals surface area contributed by atoms with Crippen LogP contribution >= 0.6 is 0 Å². The standard InChI is InChI=1S/C25H20FNO3Si/c26-21-15-17-24(18-16-21)31(22-10-3-1-4-11-22,23-12-5-2-6-13-23)30-19-20-9-7-8-14-25(20)27(28)29/h1-18H,19H2. The van der Waals surface area contributed by atoms with Crippen molar-refractivity contribution in [1.29, 1.82) is 0 Å². The van der Waals surface area contributed by atoms with Gasteiger partial charge in [0.2, 0.25) is 0 Å². The van der Waals surface area contributed by atoms with Gasteiger partial charge in [0.05, 0.1) is 17.1 Å². The van der Waals surface area contributed by atoms with Crippen molar-refractivity contribution in [2.45, 2.75) is 6.61 Å². The monoisotopic (exact) mass is 429 g/mol. The van der Waals surface area contributed by atoms with Gasteiger partial charge in [-0.2, -0.15) is 0 Å². The predicted molar refractivity (Wildman–Crippen MR) is 122 cm³/mol. The van der Waals surface area contributed by atoms with Crippen LogP contribution in [0, 0.1) is 15.9 Å². The molecule has 0 fully saturated rings. The molecule has 0 aromatic heterocycles. The van der Waals surface area contributed by atoms with Crippen molar-refractivity contribution < 1.29 is 13.7 Å². The Morgan fingerprint density at radius 2 is 1.19 bits per heavy atom. The average molecular weight is 430 g/mol. The molecule has 0 atom stereocenters. The predicted octanol–water partition coefficient (Wildman–Crippen LogP) is 3.92. The second kappa shape index (κ2) is 9.03. The molecule has 0 spiro atoms. The highest BCUT2D eigenvalue weighted by molar-refractivity contribution is 7.07. The Bertz CT molecular complexity index is 1130. The van der Waals surface area contributed by atoms with Crippen molar-refractivity contribution in [1.82, 2.24) is 0 Å². The Hall–Kier alpha value is -3.61. The molecule has 4 aromatic carbocycles. The van der Waals surface area contributed by atoms with Gasteiger partial charge in [0.15, 0.2) is 0 Å². The molecule has 4 rings (SSSR count). The fourth-order valence-corrected chi connectivity index (χ4v) is 7.61. The number of nitro groups is 1. The maximum absolute atomic E-state index is 13.8. The van der Waals surface area contributed by atoms with E-state index in [1.807, 2.05) is 60.7 Å². The van der Waals surface area contributed by atoms with Crippen molar-refractivity contribution in [3.63, 3.8) is 0 Å². The summed E-state index contributed by atoms with van der Waals surface area (Å²) in [7, 11) is -3.08. The molecule has 0 saturated heterocycles. The van der Waals surface area contributed by atoms with Gasteiger partial charge in [0.25, 0.3) is 14.0 Å². The molecule has 0 bridgehead atoms. The summed E-state index contributed by atoms with van der Waals surface area (Å²) in [5, 5.41) is 14.3. The number of hydrogen-bond donors (Lipinski definition) is 0. The summed E-state index contributed by atoms with van der Waals surface area (Å²) in [6.07, 6.45) is 0. The van der Waals surface area contributed by atoms with Crippen molar-refractivity contribution in [3.05, 3.63) is 131 Å². The lowest BCUT2D eigenvalue weighted by atomic mass is 10.2. The van der Waals surface area contributed by atoms with E-state index in [0.717, 1.165) is 15.6 Å². The van der Waals surface area contributed by atoms with Crippen LogP contribution in [0.2, 0.25) is 0 Å². The molecule has 0 amide bonds. The van der Waals surface area contributed by atoms with Crippen molar-refractivity contribution in [2.75, 3.05) is 0 Å². The first-order chi connectivity index (χ1) is 15.1. The summed E-state index contributed by atoms with van der Waals surface area (Å²) in [6.45, 7) is 0.0601. The maximum atomic E-state index is 13.8. The number of para-hydroxylation sites is 1. The molecule has 0 heterocycles. The lowest BCUT2D eigenvalue weighted by Gasteiger charge is -2.33. The molecule has 0 aliphatic rings. The average Bonchev–Trinajstić information content (AvgIpc) is 2.82. The van der Waals surface area contributed by atoms with E-state index in [1.165, 1.54) is 18.2 Å². The molecule has 4 nitrogen and oxygen atoms in total. The molecule has 0 radical (unpaired) electrons. The first kappa shape index (κ1) is 20.7. The molecule has 4 aromatic rings. The van der Waals surface area contributed by atoms with Crippen molar-refractivity contribution in [2.24, 2.45) is 0 Å². The van der Waals surface area contributed by atoms with Gasteiger partial charge >= 0.3 is 0 Å². The topological polar surface area (TPSA) is 52.4 Å². The zero-order valence-electron chi connectivity index (χ0n) is 16.6. The summed E-state index contributed by atoms with van der Waals surface area (Å²) in [4.78, 5) is 11.1. The van der Waals surface area contributed by atoms with Crippen LogP contribution in [0.4, 0.5) is 10.1 Å². The second-order valence-corrected chi connectivity index (χ2v) is 10.5. The molecule has 0 N–H and O–H groups in total. The molecular weight excluding hydrogens is 409 g/mol. The zero-order chi connectivity index (χ0) is 21.7. The minimum atomic E-state index is -3.08. The Labute approximate surface area is 180 Å². The molecule has 0 aliphatic carbocycles. The lowest BCUT2D eigenvalue weighted by molar-refractivity contribution is -0.385. The molecule has 154 valence electrons. The molecule has 0 saturated carbocycles. The van der Waals surface area contributed by atoms with Gasteiger partial charge in [0, 0.05) is 6.07 Å². The van der Waals surface area contributed by atoms with Crippen LogP contribution in [0.25, 0.3) is 0 Å². The highest BCUT2D eigenvalue weighted by atomic mass is 28.4. The Morgan fingerprint density at radius 3 is 1.74 bits per heavy atom. The highest BCUT2D eigenvalue weighted by Gasteiger charge is 2.42. The van der Waals surface area contributed by atoms with E-state index in [0.29, 0.717) is 5.56 Å². The third-order valence-electron chi connectivity index (χ3n) is 5.24. The minimum Gasteiger partial charge on any atom is -0.399 e. The smallest absolute Gasteiger partial charge is 0.288 e. The van der Waals surface area contributed by atoms with Gasteiger partial charge in [-0.3, -0.25) is 10.1 Å².